The van der Waals surface area contributed by atoms with Crippen LogP contribution in [0.1, 0.15) is 44.0 Å². The van der Waals surface area contributed by atoms with E-state index in [1.54, 1.807) is 24.0 Å². The fraction of sp³-hybridized carbons (Fsp3) is 0.467. The van der Waals surface area contributed by atoms with E-state index in [0.717, 1.165) is 12.8 Å². The van der Waals surface area contributed by atoms with Crippen LogP contribution in [0.15, 0.2) is 30.3 Å². The van der Waals surface area contributed by atoms with Gasteiger partial charge in [-0.3, -0.25) is 9.59 Å². The molecule has 98 valence electrons. The van der Waals surface area contributed by atoms with Crippen LogP contribution < -0.4 is 0 Å². The molecule has 1 aromatic rings. The summed E-state index contributed by atoms with van der Waals surface area (Å²) in [5.41, 5.74) is 0.663. The highest BCUT2D eigenvalue weighted by atomic mass is 16.2. The highest BCUT2D eigenvalue weighted by Crippen LogP contribution is 2.20. The van der Waals surface area contributed by atoms with Gasteiger partial charge in [0.2, 0.25) is 0 Å². The Morgan fingerprint density at radius 2 is 1.78 bits per heavy atom. The standard InChI is InChI=1S/C13H15NO2.C2H6/c1-10(15)12-8-5-9-14(12)13(16)11-6-3-2-4-7-11;1-2/h2-4,6-7,12H,5,8-9H2,1H3;1-2H3. The van der Waals surface area contributed by atoms with Gasteiger partial charge in [0.05, 0.1) is 6.04 Å². The van der Waals surface area contributed by atoms with Gasteiger partial charge in [-0.05, 0) is 31.9 Å². The van der Waals surface area contributed by atoms with E-state index in [1.807, 2.05) is 32.0 Å². The molecule has 1 saturated heterocycles. The van der Waals surface area contributed by atoms with Crippen LogP contribution >= 0.6 is 0 Å². The molecule has 3 nitrogen and oxygen atoms in total. The normalized spacial score (nSPS) is 17.9. The minimum Gasteiger partial charge on any atom is -0.329 e. The lowest BCUT2D eigenvalue weighted by Crippen LogP contribution is -2.39. The van der Waals surface area contributed by atoms with Crippen molar-refractivity contribution in [1.82, 2.24) is 4.90 Å². The molecule has 1 aliphatic heterocycles. The van der Waals surface area contributed by atoms with E-state index in [1.165, 1.54) is 0 Å². The smallest absolute Gasteiger partial charge is 0.254 e. The Labute approximate surface area is 109 Å². The van der Waals surface area contributed by atoms with Crippen LogP contribution in [0.3, 0.4) is 0 Å². The first-order valence-electron chi connectivity index (χ1n) is 6.56. The zero-order chi connectivity index (χ0) is 13.5. The van der Waals surface area contributed by atoms with Gasteiger partial charge in [-0.2, -0.15) is 0 Å². The van der Waals surface area contributed by atoms with Crippen molar-refractivity contribution in [3.8, 4) is 0 Å². The Bertz CT molecular complexity index is 400. The number of rotatable bonds is 2. The maximum Gasteiger partial charge on any atom is 0.254 e. The number of amides is 1. The quantitative estimate of drug-likeness (QED) is 0.805. The Balaban J connectivity index is 0.000000771. The number of ketones is 1. The van der Waals surface area contributed by atoms with Gasteiger partial charge in [-0.1, -0.05) is 32.0 Å². The van der Waals surface area contributed by atoms with Crippen LogP contribution in [0.25, 0.3) is 0 Å². The molecule has 3 heteroatoms. The molecule has 0 aliphatic carbocycles. The van der Waals surface area contributed by atoms with Crippen molar-refractivity contribution in [2.75, 3.05) is 6.54 Å². The third kappa shape index (κ3) is 3.19. The van der Waals surface area contributed by atoms with Crippen LogP contribution in [0.5, 0.6) is 0 Å². The molecule has 2 rings (SSSR count). The van der Waals surface area contributed by atoms with Crippen LogP contribution in [-0.4, -0.2) is 29.2 Å². The number of benzene rings is 1. The molecule has 1 unspecified atom stereocenters. The number of carbonyl (C=O) groups is 2. The molecule has 18 heavy (non-hydrogen) atoms. The van der Waals surface area contributed by atoms with Gasteiger partial charge in [0.1, 0.15) is 0 Å². The second-order valence-electron chi connectivity index (χ2n) is 4.13. The first-order chi connectivity index (χ1) is 8.70. The zero-order valence-corrected chi connectivity index (χ0v) is 11.3. The van der Waals surface area contributed by atoms with Crippen molar-refractivity contribution in [3.05, 3.63) is 35.9 Å². The maximum absolute atomic E-state index is 12.1. The van der Waals surface area contributed by atoms with E-state index >= 15 is 0 Å². The van der Waals surface area contributed by atoms with Gasteiger partial charge in [-0.15, -0.1) is 0 Å². The lowest BCUT2D eigenvalue weighted by atomic mass is 10.1. The summed E-state index contributed by atoms with van der Waals surface area (Å²) < 4.78 is 0. The largest absolute Gasteiger partial charge is 0.329 e. The van der Waals surface area contributed by atoms with E-state index in [0.29, 0.717) is 12.1 Å². The SMILES string of the molecule is CC.CC(=O)C1CCCN1C(=O)c1ccccc1. The highest BCUT2D eigenvalue weighted by molar-refractivity contribution is 5.97. The summed E-state index contributed by atoms with van der Waals surface area (Å²) in [7, 11) is 0. The molecular formula is C15H21NO2. The van der Waals surface area contributed by atoms with E-state index in [4.69, 9.17) is 0 Å². The van der Waals surface area contributed by atoms with Gasteiger partial charge < -0.3 is 4.90 Å². The Hall–Kier alpha value is -1.64. The number of likely N-dealkylation sites (tertiary alicyclic amines) is 1. The van der Waals surface area contributed by atoms with Crippen LogP contribution in [0, 0.1) is 0 Å². The summed E-state index contributed by atoms with van der Waals surface area (Å²) in [4.78, 5) is 25.2. The Morgan fingerprint density at radius 3 is 2.33 bits per heavy atom. The minimum absolute atomic E-state index is 0.0294. The fourth-order valence-electron chi connectivity index (χ4n) is 2.18. The molecule has 1 amide bonds. The molecule has 1 aliphatic rings. The first-order valence-corrected chi connectivity index (χ1v) is 6.56. The first kappa shape index (κ1) is 14.4. The molecule has 0 bridgehead atoms. The molecule has 1 atom stereocenters. The second-order valence-corrected chi connectivity index (χ2v) is 4.13. The summed E-state index contributed by atoms with van der Waals surface area (Å²) in [5, 5.41) is 0. The summed E-state index contributed by atoms with van der Waals surface area (Å²) in [5.74, 6) is 0.0556. The van der Waals surface area contributed by atoms with Gasteiger partial charge in [0, 0.05) is 12.1 Å². The van der Waals surface area contributed by atoms with Crippen molar-refractivity contribution < 1.29 is 9.59 Å². The van der Waals surface area contributed by atoms with E-state index in [-0.39, 0.29) is 17.7 Å². The third-order valence-electron chi connectivity index (χ3n) is 3.00. The monoisotopic (exact) mass is 247 g/mol. The number of nitrogens with zero attached hydrogens (tertiary/aromatic N) is 1. The summed E-state index contributed by atoms with van der Waals surface area (Å²) in [6.07, 6.45) is 1.72. The molecule has 0 saturated carbocycles. The van der Waals surface area contributed by atoms with Crippen molar-refractivity contribution in [2.24, 2.45) is 0 Å². The van der Waals surface area contributed by atoms with Crippen molar-refractivity contribution in [2.45, 2.75) is 39.7 Å². The number of hydrogen-bond donors (Lipinski definition) is 0. The summed E-state index contributed by atoms with van der Waals surface area (Å²) in [6, 6.07) is 8.92. The van der Waals surface area contributed by atoms with E-state index in [2.05, 4.69) is 0 Å². The molecule has 1 heterocycles. The second kappa shape index (κ2) is 6.94. The van der Waals surface area contributed by atoms with Crippen molar-refractivity contribution in [1.29, 1.82) is 0 Å². The average molecular weight is 247 g/mol. The summed E-state index contributed by atoms with van der Waals surface area (Å²) in [6.45, 7) is 6.25. The average Bonchev–Trinajstić information content (AvgIpc) is 2.90. The van der Waals surface area contributed by atoms with Crippen molar-refractivity contribution in [3.63, 3.8) is 0 Å². The molecular weight excluding hydrogens is 226 g/mol. The lowest BCUT2D eigenvalue weighted by Gasteiger charge is -2.22. The zero-order valence-electron chi connectivity index (χ0n) is 11.3. The van der Waals surface area contributed by atoms with E-state index in [9.17, 15) is 9.59 Å². The Morgan fingerprint density at radius 1 is 1.17 bits per heavy atom. The van der Waals surface area contributed by atoms with Crippen LogP contribution in [0.4, 0.5) is 0 Å². The fourth-order valence-corrected chi connectivity index (χ4v) is 2.18. The lowest BCUT2D eigenvalue weighted by molar-refractivity contribution is -0.120. The van der Waals surface area contributed by atoms with Gasteiger partial charge >= 0.3 is 0 Å². The molecule has 0 radical (unpaired) electrons. The molecule has 0 aromatic heterocycles. The number of hydrogen-bond acceptors (Lipinski definition) is 2. The topological polar surface area (TPSA) is 37.4 Å². The molecule has 1 fully saturated rings. The predicted molar refractivity (Wildman–Crippen MR) is 72.5 cm³/mol. The van der Waals surface area contributed by atoms with Gasteiger partial charge in [0.15, 0.2) is 5.78 Å². The maximum atomic E-state index is 12.1. The summed E-state index contributed by atoms with van der Waals surface area (Å²) >= 11 is 0. The van der Waals surface area contributed by atoms with E-state index < -0.39 is 0 Å². The molecule has 0 N–H and O–H groups in total. The van der Waals surface area contributed by atoms with Gasteiger partial charge in [0.25, 0.3) is 5.91 Å². The predicted octanol–water partition coefficient (Wildman–Crippen LogP) is 2.91. The molecule has 0 spiro atoms. The number of Topliss-reactive ketones (excluding diaryl/α,β-unsaturated/α-hetero) is 1. The number of carbonyl (C=O) groups excluding carboxylic acids is 2. The van der Waals surface area contributed by atoms with Crippen molar-refractivity contribution >= 4 is 11.7 Å². The molecule has 1 aromatic carbocycles. The highest BCUT2D eigenvalue weighted by Gasteiger charge is 2.31. The van der Waals surface area contributed by atoms with Crippen LogP contribution in [-0.2, 0) is 4.79 Å². The minimum atomic E-state index is -0.215. The third-order valence-corrected chi connectivity index (χ3v) is 3.00. The van der Waals surface area contributed by atoms with Gasteiger partial charge in [-0.25, -0.2) is 0 Å². The Kier molecular flexibility index (Phi) is 5.56. The van der Waals surface area contributed by atoms with Crippen LogP contribution in [0.2, 0.25) is 0 Å².